The standard InChI is InChI=1S/C14H19F2N/c1-8-4-5-10-11(15)7-9(2)14(16)13(10)12(6-8)17-3/h7-8,12,17H,4-6H2,1-3H3. The molecule has 0 heterocycles. The van der Waals surface area contributed by atoms with Gasteiger partial charge in [-0.2, -0.15) is 0 Å². The van der Waals surface area contributed by atoms with E-state index in [2.05, 4.69) is 12.2 Å². The number of benzene rings is 1. The van der Waals surface area contributed by atoms with Crippen molar-refractivity contribution in [1.29, 1.82) is 0 Å². The van der Waals surface area contributed by atoms with Gasteiger partial charge >= 0.3 is 0 Å². The van der Waals surface area contributed by atoms with Crippen LogP contribution in [0.3, 0.4) is 0 Å². The minimum atomic E-state index is -0.256. The number of aryl methyl sites for hydroxylation is 1. The van der Waals surface area contributed by atoms with Gasteiger partial charge in [-0.3, -0.25) is 0 Å². The lowest BCUT2D eigenvalue weighted by Gasteiger charge is -2.20. The van der Waals surface area contributed by atoms with Gasteiger partial charge in [-0.15, -0.1) is 0 Å². The highest BCUT2D eigenvalue weighted by Crippen LogP contribution is 2.35. The summed E-state index contributed by atoms with van der Waals surface area (Å²) in [6, 6.07) is 1.24. The van der Waals surface area contributed by atoms with E-state index in [0.29, 0.717) is 29.0 Å². The van der Waals surface area contributed by atoms with E-state index in [1.54, 1.807) is 6.92 Å². The molecule has 0 saturated carbocycles. The molecule has 94 valence electrons. The second-order valence-corrected chi connectivity index (χ2v) is 5.10. The summed E-state index contributed by atoms with van der Waals surface area (Å²) in [4.78, 5) is 0. The Morgan fingerprint density at radius 2 is 2.06 bits per heavy atom. The molecule has 0 amide bonds. The van der Waals surface area contributed by atoms with Crippen LogP contribution in [-0.2, 0) is 6.42 Å². The summed E-state index contributed by atoms with van der Waals surface area (Å²) in [6.45, 7) is 3.76. The highest BCUT2D eigenvalue weighted by Gasteiger charge is 2.27. The lowest BCUT2D eigenvalue weighted by molar-refractivity contribution is 0.418. The third-order valence-electron chi connectivity index (χ3n) is 3.76. The van der Waals surface area contributed by atoms with E-state index < -0.39 is 0 Å². The molecule has 1 aromatic carbocycles. The number of nitrogens with one attached hydrogen (secondary N) is 1. The fraction of sp³-hybridized carbons (Fsp3) is 0.571. The summed E-state index contributed by atoms with van der Waals surface area (Å²) in [6.07, 6.45) is 2.42. The van der Waals surface area contributed by atoms with Crippen LogP contribution in [0.25, 0.3) is 0 Å². The zero-order chi connectivity index (χ0) is 12.6. The summed E-state index contributed by atoms with van der Waals surface area (Å²) < 4.78 is 28.1. The fourth-order valence-electron chi connectivity index (χ4n) is 2.72. The van der Waals surface area contributed by atoms with Crippen molar-refractivity contribution in [3.8, 4) is 0 Å². The summed E-state index contributed by atoms with van der Waals surface area (Å²) in [5.74, 6) is -0.0120. The van der Waals surface area contributed by atoms with Crippen LogP contribution in [0.1, 0.15) is 42.5 Å². The minimum absolute atomic E-state index is 0.0723. The monoisotopic (exact) mass is 239 g/mol. The van der Waals surface area contributed by atoms with Gasteiger partial charge in [0.1, 0.15) is 11.6 Å². The molecule has 1 N–H and O–H groups in total. The van der Waals surface area contributed by atoms with Crippen molar-refractivity contribution < 1.29 is 8.78 Å². The molecule has 0 aromatic heterocycles. The fourth-order valence-corrected chi connectivity index (χ4v) is 2.72. The van der Waals surface area contributed by atoms with Gasteiger partial charge in [0.15, 0.2) is 0 Å². The molecule has 0 fully saturated rings. The molecule has 1 aromatic rings. The van der Waals surface area contributed by atoms with Crippen molar-refractivity contribution in [2.75, 3.05) is 7.05 Å². The van der Waals surface area contributed by atoms with Crippen molar-refractivity contribution in [2.45, 2.75) is 39.2 Å². The van der Waals surface area contributed by atoms with Gasteiger partial charge in [0, 0.05) is 11.6 Å². The lowest BCUT2D eigenvalue weighted by Crippen LogP contribution is -2.20. The van der Waals surface area contributed by atoms with Crippen LogP contribution in [-0.4, -0.2) is 7.05 Å². The van der Waals surface area contributed by atoms with E-state index in [0.717, 1.165) is 12.8 Å². The van der Waals surface area contributed by atoms with Gasteiger partial charge < -0.3 is 5.32 Å². The molecular formula is C14H19F2N. The topological polar surface area (TPSA) is 12.0 Å². The Kier molecular flexibility index (Phi) is 3.48. The van der Waals surface area contributed by atoms with Crippen LogP contribution in [0, 0.1) is 24.5 Å². The predicted molar refractivity (Wildman–Crippen MR) is 65.0 cm³/mol. The van der Waals surface area contributed by atoms with Gasteiger partial charge in [-0.1, -0.05) is 6.92 Å². The number of halogens is 2. The number of rotatable bonds is 1. The third kappa shape index (κ3) is 2.21. The van der Waals surface area contributed by atoms with E-state index in [1.165, 1.54) is 6.07 Å². The van der Waals surface area contributed by atoms with E-state index >= 15 is 0 Å². The highest BCUT2D eigenvalue weighted by molar-refractivity contribution is 5.38. The Labute approximate surface area is 101 Å². The second kappa shape index (κ2) is 4.73. The maximum Gasteiger partial charge on any atom is 0.131 e. The van der Waals surface area contributed by atoms with Crippen molar-refractivity contribution in [2.24, 2.45) is 5.92 Å². The highest BCUT2D eigenvalue weighted by atomic mass is 19.1. The van der Waals surface area contributed by atoms with Gasteiger partial charge in [-0.05, 0) is 56.3 Å². The van der Waals surface area contributed by atoms with E-state index in [9.17, 15) is 8.78 Å². The molecular weight excluding hydrogens is 220 g/mol. The quantitative estimate of drug-likeness (QED) is 0.739. The van der Waals surface area contributed by atoms with Gasteiger partial charge in [0.2, 0.25) is 0 Å². The number of hydrogen-bond acceptors (Lipinski definition) is 1. The Morgan fingerprint density at radius 1 is 1.35 bits per heavy atom. The zero-order valence-electron chi connectivity index (χ0n) is 10.6. The first-order chi connectivity index (χ1) is 8.04. The molecule has 2 rings (SSSR count). The predicted octanol–water partition coefficient (Wildman–Crippen LogP) is 3.51. The van der Waals surface area contributed by atoms with Crippen molar-refractivity contribution in [1.82, 2.24) is 5.32 Å². The van der Waals surface area contributed by atoms with Crippen molar-refractivity contribution in [3.63, 3.8) is 0 Å². The lowest BCUT2D eigenvalue weighted by atomic mass is 9.94. The summed E-state index contributed by atoms with van der Waals surface area (Å²) >= 11 is 0. The second-order valence-electron chi connectivity index (χ2n) is 5.10. The molecule has 1 aliphatic rings. The van der Waals surface area contributed by atoms with Crippen LogP contribution in [0.5, 0.6) is 0 Å². The first kappa shape index (κ1) is 12.5. The summed E-state index contributed by atoms with van der Waals surface area (Å²) in [7, 11) is 1.81. The Balaban J connectivity index is 2.59. The minimum Gasteiger partial charge on any atom is -0.313 e. The maximum absolute atomic E-state index is 14.2. The normalized spacial score (nSPS) is 24.3. The van der Waals surface area contributed by atoms with Gasteiger partial charge in [0.05, 0.1) is 0 Å². The van der Waals surface area contributed by atoms with Crippen LogP contribution in [0.15, 0.2) is 6.07 Å². The summed E-state index contributed by atoms with van der Waals surface area (Å²) in [5.41, 5.74) is 1.52. The van der Waals surface area contributed by atoms with Crippen molar-refractivity contribution in [3.05, 3.63) is 34.4 Å². The first-order valence-electron chi connectivity index (χ1n) is 6.19. The van der Waals surface area contributed by atoms with Crippen molar-refractivity contribution >= 4 is 0 Å². The average molecular weight is 239 g/mol. The smallest absolute Gasteiger partial charge is 0.131 e. The maximum atomic E-state index is 14.2. The molecule has 1 aliphatic carbocycles. The Bertz CT molecular complexity index is 429. The first-order valence-corrected chi connectivity index (χ1v) is 6.19. The largest absolute Gasteiger partial charge is 0.313 e. The molecule has 0 saturated heterocycles. The number of fused-ring (bicyclic) bond motifs is 1. The van der Waals surface area contributed by atoms with E-state index in [4.69, 9.17) is 0 Å². The molecule has 2 unspecified atom stereocenters. The molecule has 1 nitrogen and oxygen atoms in total. The molecule has 0 bridgehead atoms. The van der Waals surface area contributed by atoms with E-state index in [-0.39, 0.29) is 17.7 Å². The molecule has 0 aliphatic heterocycles. The SMILES string of the molecule is CNC1CC(C)CCc2c(F)cc(C)c(F)c21. The molecule has 17 heavy (non-hydrogen) atoms. The average Bonchev–Trinajstić information content (AvgIpc) is 2.45. The Hall–Kier alpha value is -0.960. The van der Waals surface area contributed by atoms with Crippen LogP contribution >= 0.6 is 0 Å². The van der Waals surface area contributed by atoms with Gasteiger partial charge in [-0.25, -0.2) is 8.78 Å². The third-order valence-corrected chi connectivity index (χ3v) is 3.76. The molecule has 3 heteroatoms. The number of hydrogen-bond donors (Lipinski definition) is 1. The molecule has 0 spiro atoms. The summed E-state index contributed by atoms with van der Waals surface area (Å²) in [5, 5.41) is 3.12. The van der Waals surface area contributed by atoms with Gasteiger partial charge in [0.25, 0.3) is 0 Å². The molecule has 0 radical (unpaired) electrons. The zero-order valence-corrected chi connectivity index (χ0v) is 10.6. The Morgan fingerprint density at radius 3 is 2.71 bits per heavy atom. The van der Waals surface area contributed by atoms with Crippen LogP contribution in [0.2, 0.25) is 0 Å². The van der Waals surface area contributed by atoms with Crippen LogP contribution < -0.4 is 5.32 Å². The van der Waals surface area contributed by atoms with Crippen LogP contribution in [0.4, 0.5) is 8.78 Å². The molecule has 2 atom stereocenters. The van der Waals surface area contributed by atoms with E-state index in [1.807, 2.05) is 7.05 Å².